The van der Waals surface area contributed by atoms with Crippen LogP contribution in [0.15, 0.2) is 60.8 Å². The van der Waals surface area contributed by atoms with E-state index in [1.54, 1.807) is 44.2 Å². The standard InChI is InChI=1S/C29H31FN2O4/c1-6-31(7-2)29(33)36-25-14-12-23-22(27(25)20-11-13-24(34-4)26(17-20)35-5)15-16-32(23)18-21-10-8-9-19(3)28(21)30/h8-17H,6-7,18H2,1-5H3. The van der Waals surface area contributed by atoms with Crippen LogP contribution in [0.4, 0.5) is 9.18 Å². The third-order valence-corrected chi connectivity index (χ3v) is 6.42. The molecule has 0 spiro atoms. The largest absolute Gasteiger partial charge is 0.493 e. The highest BCUT2D eigenvalue weighted by Gasteiger charge is 2.20. The van der Waals surface area contributed by atoms with Crippen molar-refractivity contribution in [1.82, 2.24) is 9.47 Å². The zero-order chi connectivity index (χ0) is 25.8. The van der Waals surface area contributed by atoms with E-state index in [0.29, 0.717) is 48.0 Å². The number of nitrogens with zero attached hydrogens (tertiary/aromatic N) is 2. The molecule has 0 aliphatic carbocycles. The van der Waals surface area contributed by atoms with E-state index >= 15 is 0 Å². The Bertz CT molecular complexity index is 1390. The smallest absolute Gasteiger partial charge is 0.415 e. The summed E-state index contributed by atoms with van der Waals surface area (Å²) in [7, 11) is 3.16. The predicted molar refractivity (Wildman–Crippen MR) is 140 cm³/mol. The second-order valence-electron chi connectivity index (χ2n) is 8.47. The first-order chi connectivity index (χ1) is 17.4. The maximum atomic E-state index is 14.7. The molecule has 0 atom stereocenters. The average molecular weight is 491 g/mol. The third kappa shape index (κ3) is 4.73. The van der Waals surface area contributed by atoms with Crippen LogP contribution in [0.3, 0.4) is 0 Å². The van der Waals surface area contributed by atoms with Crippen molar-refractivity contribution in [3.63, 3.8) is 0 Å². The SMILES string of the molecule is CCN(CC)C(=O)Oc1ccc2c(ccn2Cc2cccc(C)c2F)c1-c1ccc(OC)c(OC)c1. The Morgan fingerprint density at radius 3 is 2.36 bits per heavy atom. The topological polar surface area (TPSA) is 52.9 Å². The first-order valence-electron chi connectivity index (χ1n) is 12.0. The van der Waals surface area contributed by atoms with Gasteiger partial charge in [0.05, 0.1) is 20.8 Å². The number of carbonyl (C=O) groups excluding carboxylic acids is 1. The van der Waals surface area contributed by atoms with Gasteiger partial charge in [0, 0.05) is 41.3 Å². The Morgan fingerprint density at radius 1 is 0.944 bits per heavy atom. The number of methoxy groups -OCH3 is 2. The van der Waals surface area contributed by atoms with Crippen molar-refractivity contribution in [3.05, 3.63) is 77.7 Å². The summed E-state index contributed by atoms with van der Waals surface area (Å²) >= 11 is 0. The molecule has 1 amide bonds. The van der Waals surface area contributed by atoms with Crippen LogP contribution in [-0.2, 0) is 6.54 Å². The van der Waals surface area contributed by atoms with Crippen molar-refractivity contribution in [2.24, 2.45) is 0 Å². The van der Waals surface area contributed by atoms with E-state index < -0.39 is 6.09 Å². The van der Waals surface area contributed by atoms with Crippen molar-refractivity contribution in [2.45, 2.75) is 27.3 Å². The second-order valence-corrected chi connectivity index (χ2v) is 8.47. The monoisotopic (exact) mass is 490 g/mol. The van der Waals surface area contributed by atoms with Crippen LogP contribution < -0.4 is 14.2 Å². The minimum absolute atomic E-state index is 0.204. The molecular formula is C29H31FN2O4. The van der Waals surface area contributed by atoms with Gasteiger partial charge in [-0.15, -0.1) is 0 Å². The van der Waals surface area contributed by atoms with Crippen molar-refractivity contribution < 1.29 is 23.4 Å². The quantitative estimate of drug-likeness (QED) is 0.277. The summed E-state index contributed by atoms with van der Waals surface area (Å²) in [4.78, 5) is 14.5. The lowest BCUT2D eigenvalue weighted by Gasteiger charge is -2.20. The van der Waals surface area contributed by atoms with Gasteiger partial charge in [-0.05, 0) is 62.2 Å². The fourth-order valence-corrected chi connectivity index (χ4v) is 4.42. The van der Waals surface area contributed by atoms with Crippen LogP contribution in [0.5, 0.6) is 17.2 Å². The zero-order valence-corrected chi connectivity index (χ0v) is 21.3. The highest BCUT2D eigenvalue weighted by molar-refractivity contribution is 6.00. The molecule has 0 bridgehead atoms. The van der Waals surface area contributed by atoms with Crippen LogP contribution in [0, 0.1) is 12.7 Å². The first kappa shape index (κ1) is 25.1. The number of halogens is 1. The number of rotatable bonds is 8. The number of aryl methyl sites for hydroxylation is 1. The third-order valence-electron chi connectivity index (χ3n) is 6.42. The van der Waals surface area contributed by atoms with Gasteiger partial charge < -0.3 is 23.7 Å². The Labute approximate surface area is 210 Å². The molecule has 0 saturated heterocycles. The molecule has 6 nitrogen and oxygen atoms in total. The number of amides is 1. The van der Waals surface area contributed by atoms with E-state index in [1.807, 2.05) is 61.0 Å². The number of hydrogen-bond acceptors (Lipinski definition) is 4. The molecule has 0 radical (unpaired) electrons. The van der Waals surface area contributed by atoms with E-state index in [4.69, 9.17) is 14.2 Å². The molecule has 1 aromatic heterocycles. The van der Waals surface area contributed by atoms with Gasteiger partial charge in [0.1, 0.15) is 11.6 Å². The van der Waals surface area contributed by atoms with E-state index in [9.17, 15) is 9.18 Å². The number of hydrogen-bond donors (Lipinski definition) is 0. The zero-order valence-electron chi connectivity index (χ0n) is 21.3. The van der Waals surface area contributed by atoms with Crippen molar-refractivity contribution in [2.75, 3.05) is 27.3 Å². The van der Waals surface area contributed by atoms with Crippen LogP contribution in [0.25, 0.3) is 22.0 Å². The molecule has 4 rings (SSSR count). The maximum Gasteiger partial charge on any atom is 0.415 e. The molecule has 1 heterocycles. The first-order valence-corrected chi connectivity index (χ1v) is 12.0. The van der Waals surface area contributed by atoms with Crippen molar-refractivity contribution in [3.8, 4) is 28.4 Å². The summed E-state index contributed by atoms with van der Waals surface area (Å²) in [5.74, 6) is 1.40. The normalized spacial score (nSPS) is 10.9. The number of fused-ring (bicyclic) bond motifs is 1. The van der Waals surface area contributed by atoms with Gasteiger partial charge >= 0.3 is 6.09 Å². The molecule has 0 aliphatic heterocycles. The van der Waals surface area contributed by atoms with Gasteiger partial charge in [-0.3, -0.25) is 0 Å². The Kier molecular flexibility index (Phi) is 7.48. The summed E-state index contributed by atoms with van der Waals surface area (Å²) < 4.78 is 33.6. The highest BCUT2D eigenvalue weighted by atomic mass is 19.1. The van der Waals surface area contributed by atoms with Gasteiger partial charge in [-0.25, -0.2) is 9.18 Å². The summed E-state index contributed by atoms with van der Waals surface area (Å²) in [6.45, 7) is 7.05. The Morgan fingerprint density at radius 2 is 1.67 bits per heavy atom. The lowest BCUT2D eigenvalue weighted by Crippen LogP contribution is -2.33. The highest BCUT2D eigenvalue weighted by Crippen LogP contribution is 2.41. The van der Waals surface area contributed by atoms with E-state index in [1.165, 1.54) is 0 Å². The van der Waals surface area contributed by atoms with E-state index in [0.717, 1.165) is 22.0 Å². The molecule has 0 unspecified atom stereocenters. The lowest BCUT2D eigenvalue weighted by molar-refractivity contribution is 0.157. The van der Waals surface area contributed by atoms with Gasteiger partial charge in [-0.1, -0.05) is 24.3 Å². The molecule has 0 saturated carbocycles. The summed E-state index contributed by atoms with van der Waals surface area (Å²) in [5, 5.41) is 0.875. The number of ether oxygens (including phenoxy) is 3. The summed E-state index contributed by atoms with van der Waals surface area (Å²) in [6.07, 6.45) is 1.51. The fourth-order valence-electron chi connectivity index (χ4n) is 4.42. The molecule has 0 aliphatic rings. The van der Waals surface area contributed by atoms with Crippen LogP contribution in [-0.4, -0.2) is 42.9 Å². The van der Waals surface area contributed by atoms with Crippen LogP contribution in [0.2, 0.25) is 0 Å². The summed E-state index contributed by atoms with van der Waals surface area (Å²) in [5.41, 5.74) is 3.67. The molecule has 7 heteroatoms. The molecule has 188 valence electrons. The molecule has 0 fully saturated rings. The second kappa shape index (κ2) is 10.7. The minimum atomic E-state index is -0.414. The van der Waals surface area contributed by atoms with Gasteiger partial charge in [0.15, 0.2) is 11.5 Å². The number of carbonyl (C=O) groups is 1. The van der Waals surface area contributed by atoms with Crippen LogP contribution in [0.1, 0.15) is 25.0 Å². The van der Waals surface area contributed by atoms with Crippen molar-refractivity contribution >= 4 is 17.0 Å². The Balaban J connectivity index is 1.86. The summed E-state index contributed by atoms with van der Waals surface area (Å²) in [6, 6.07) is 16.7. The molecule has 36 heavy (non-hydrogen) atoms. The van der Waals surface area contributed by atoms with Crippen LogP contribution >= 0.6 is 0 Å². The molecular weight excluding hydrogens is 459 g/mol. The average Bonchev–Trinajstić information content (AvgIpc) is 3.29. The van der Waals surface area contributed by atoms with Gasteiger partial charge in [-0.2, -0.15) is 0 Å². The fraction of sp³-hybridized carbons (Fsp3) is 0.276. The number of aromatic nitrogens is 1. The van der Waals surface area contributed by atoms with Crippen molar-refractivity contribution in [1.29, 1.82) is 0 Å². The van der Waals surface area contributed by atoms with Gasteiger partial charge in [0.25, 0.3) is 0 Å². The molecule has 0 N–H and O–H groups in total. The maximum absolute atomic E-state index is 14.7. The number of benzene rings is 3. The lowest BCUT2D eigenvalue weighted by atomic mass is 10.00. The van der Waals surface area contributed by atoms with E-state index in [2.05, 4.69) is 0 Å². The Hall–Kier alpha value is -4.00. The van der Waals surface area contributed by atoms with E-state index in [-0.39, 0.29) is 5.82 Å². The molecule has 4 aromatic rings. The van der Waals surface area contributed by atoms with Gasteiger partial charge in [0.2, 0.25) is 0 Å². The predicted octanol–water partition coefficient (Wildman–Crippen LogP) is 6.66. The molecule has 3 aromatic carbocycles. The minimum Gasteiger partial charge on any atom is -0.493 e.